The van der Waals surface area contributed by atoms with Crippen LogP contribution in [0.5, 0.6) is 0 Å². The van der Waals surface area contributed by atoms with Crippen molar-refractivity contribution in [3.05, 3.63) is 70.9 Å². The number of halogens is 2. The molecule has 4 rings (SSSR count). The van der Waals surface area contributed by atoms with Crippen LogP contribution in [-0.4, -0.2) is 26.2 Å². The molecule has 138 valence electrons. The first kappa shape index (κ1) is 17.5. The maximum Gasteiger partial charge on any atom is 0.325 e. The number of nitrogens with one attached hydrogen (secondary N) is 1. The maximum absolute atomic E-state index is 13.3. The lowest BCUT2D eigenvalue weighted by molar-refractivity contribution is -0.132. The molecule has 3 aromatic rings. The average Bonchev–Trinajstić information content (AvgIpc) is 3.15. The molecule has 3 amide bonds. The molecular formula is C19H16ClFN4O2. The van der Waals surface area contributed by atoms with Gasteiger partial charge in [0.15, 0.2) is 0 Å². The van der Waals surface area contributed by atoms with Crippen molar-refractivity contribution in [1.82, 2.24) is 19.6 Å². The highest BCUT2D eigenvalue weighted by molar-refractivity contribution is 6.30. The molecule has 6 nitrogen and oxygen atoms in total. The third-order valence-corrected chi connectivity index (χ3v) is 5.05. The third kappa shape index (κ3) is 2.84. The van der Waals surface area contributed by atoms with Crippen molar-refractivity contribution in [2.45, 2.75) is 25.4 Å². The van der Waals surface area contributed by atoms with Gasteiger partial charge in [-0.3, -0.25) is 9.69 Å². The number of imide groups is 1. The van der Waals surface area contributed by atoms with E-state index in [0.29, 0.717) is 28.3 Å². The van der Waals surface area contributed by atoms with E-state index in [1.165, 1.54) is 24.3 Å². The minimum absolute atomic E-state index is 0.0346. The fourth-order valence-electron chi connectivity index (χ4n) is 3.40. The summed E-state index contributed by atoms with van der Waals surface area (Å²) in [5.41, 5.74) is 0.579. The van der Waals surface area contributed by atoms with Gasteiger partial charge in [-0.1, -0.05) is 30.7 Å². The summed E-state index contributed by atoms with van der Waals surface area (Å²) < 4.78 is 15.0. The number of hydrogen-bond donors (Lipinski definition) is 1. The van der Waals surface area contributed by atoms with Crippen LogP contribution in [0, 0.1) is 5.82 Å². The Morgan fingerprint density at radius 2 is 1.89 bits per heavy atom. The van der Waals surface area contributed by atoms with Crippen LogP contribution in [0.4, 0.5) is 9.18 Å². The summed E-state index contributed by atoms with van der Waals surface area (Å²) in [5.74, 6) is -0.779. The number of rotatable bonds is 4. The van der Waals surface area contributed by atoms with E-state index in [2.05, 4.69) is 10.3 Å². The fourth-order valence-corrected chi connectivity index (χ4v) is 3.57. The summed E-state index contributed by atoms with van der Waals surface area (Å²) in [6, 6.07) is 8.58. The van der Waals surface area contributed by atoms with Crippen LogP contribution >= 0.6 is 11.6 Å². The Bertz CT molecular complexity index is 1050. The topological polar surface area (TPSA) is 66.7 Å². The molecule has 1 N–H and O–H groups in total. The van der Waals surface area contributed by atoms with Gasteiger partial charge >= 0.3 is 6.03 Å². The van der Waals surface area contributed by atoms with E-state index in [-0.39, 0.29) is 12.5 Å². The minimum atomic E-state index is -1.20. The van der Waals surface area contributed by atoms with Gasteiger partial charge in [0.05, 0.1) is 17.3 Å². The summed E-state index contributed by atoms with van der Waals surface area (Å²) in [7, 11) is 0. The first-order chi connectivity index (χ1) is 12.9. The number of nitrogens with zero attached hydrogens (tertiary/aromatic N) is 3. The summed E-state index contributed by atoms with van der Waals surface area (Å²) in [6.45, 7) is 1.84. The van der Waals surface area contributed by atoms with Crippen molar-refractivity contribution in [2.75, 3.05) is 0 Å². The monoisotopic (exact) mass is 386 g/mol. The van der Waals surface area contributed by atoms with Crippen molar-refractivity contribution in [3.8, 4) is 0 Å². The number of carbonyl (C=O) groups is 2. The summed E-state index contributed by atoms with van der Waals surface area (Å²) in [5, 5.41) is 3.33. The molecule has 1 aliphatic rings. The van der Waals surface area contributed by atoms with Crippen molar-refractivity contribution >= 4 is 29.2 Å². The maximum atomic E-state index is 13.3. The van der Waals surface area contributed by atoms with Gasteiger partial charge in [-0.2, -0.15) is 0 Å². The first-order valence-electron chi connectivity index (χ1n) is 8.46. The van der Waals surface area contributed by atoms with Gasteiger partial charge < -0.3 is 9.72 Å². The van der Waals surface area contributed by atoms with Gasteiger partial charge in [0, 0.05) is 12.4 Å². The van der Waals surface area contributed by atoms with E-state index in [1.807, 2.05) is 0 Å². The molecule has 0 bridgehead atoms. The Labute approximate surface area is 159 Å². The van der Waals surface area contributed by atoms with E-state index in [9.17, 15) is 14.0 Å². The predicted molar refractivity (Wildman–Crippen MR) is 97.7 cm³/mol. The molecule has 3 heterocycles. The second kappa shape index (κ2) is 6.35. The van der Waals surface area contributed by atoms with E-state index in [4.69, 9.17) is 11.6 Å². The van der Waals surface area contributed by atoms with Gasteiger partial charge in [0.25, 0.3) is 5.91 Å². The number of pyridine rings is 1. The Morgan fingerprint density at radius 3 is 2.59 bits per heavy atom. The molecule has 1 aliphatic heterocycles. The quantitative estimate of drug-likeness (QED) is 0.698. The molecule has 1 unspecified atom stereocenters. The number of benzene rings is 1. The molecule has 1 atom stereocenters. The van der Waals surface area contributed by atoms with Gasteiger partial charge in [-0.25, -0.2) is 14.2 Å². The molecule has 8 heteroatoms. The molecule has 27 heavy (non-hydrogen) atoms. The van der Waals surface area contributed by atoms with E-state index in [1.54, 1.807) is 35.9 Å². The highest BCUT2D eigenvalue weighted by Gasteiger charge is 2.51. The van der Waals surface area contributed by atoms with Crippen molar-refractivity contribution in [3.63, 3.8) is 0 Å². The average molecular weight is 387 g/mol. The van der Waals surface area contributed by atoms with Crippen LogP contribution in [0.2, 0.25) is 5.02 Å². The van der Waals surface area contributed by atoms with Crippen molar-refractivity contribution in [2.24, 2.45) is 0 Å². The number of fused-ring (bicyclic) bond motifs is 1. The SMILES string of the molecule is CCC1(c2ccc(F)cc2)NC(=O)N(Cc2cn3cc(Cl)ccc3n2)C1=O. The number of amides is 3. The van der Waals surface area contributed by atoms with E-state index in [0.717, 1.165) is 4.90 Å². The van der Waals surface area contributed by atoms with E-state index < -0.39 is 17.4 Å². The molecule has 0 radical (unpaired) electrons. The summed E-state index contributed by atoms with van der Waals surface area (Å²) >= 11 is 5.98. The predicted octanol–water partition coefficient (Wildman–Crippen LogP) is 3.48. The molecule has 0 spiro atoms. The molecular weight excluding hydrogens is 371 g/mol. The zero-order valence-corrected chi connectivity index (χ0v) is 15.2. The van der Waals surface area contributed by atoms with E-state index >= 15 is 0 Å². The Morgan fingerprint density at radius 1 is 1.15 bits per heavy atom. The highest BCUT2D eigenvalue weighted by atomic mass is 35.5. The van der Waals surface area contributed by atoms with Crippen LogP contribution in [0.3, 0.4) is 0 Å². The number of imidazole rings is 1. The smallest absolute Gasteiger partial charge is 0.319 e. The third-order valence-electron chi connectivity index (χ3n) is 4.83. The molecule has 0 saturated carbocycles. The Balaban J connectivity index is 1.66. The van der Waals surface area contributed by atoms with Gasteiger partial charge in [-0.15, -0.1) is 0 Å². The molecule has 0 aliphatic carbocycles. The second-order valence-electron chi connectivity index (χ2n) is 6.43. The largest absolute Gasteiger partial charge is 0.325 e. The standard InChI is InChI=1S/C19H16ClFN4O2/c1-2-19(12-3-6-14(21)7-4-12)17(26)25(18(27)23-19)11-15-10-24-9-13(20)5-8-16(24)22-15/h3-10H,2,11H2,1H3,(H,23,27). The minimum Gasteiger partial charge on any atom is -0.319 e. The molecule has 2 aromatic heterocycles. The lowest BCUT2D eigenvalue weighted by atomic mass is 9.87. The van der Waals surface area contributed by atoms with Crippen LogP contribution < -0.4 is 5.32 Å². The molecule has 1 aromatic carbocycles. The first-order valence-corrected chi connectivity index (χ1v) is 8.84. The van der Waals surface area contributed by atoms with Crippen molar-refractivity contribution < 1.29 is 14.0 Å². The zero-order valence-electron chi connectivity index (χ0n) is 14.4. The zero-order chi connectivity index (χ0) is 19.2. The number of carbonyl (C=O) groups excluding carboxylic acids is 2. The van der Waals surface area contributed by atoms with Crippen LogP contribution in [-0.2, 0) is 16.9 Å². The lowest BCUT2D eigenvalue weighted by Crippen LogP contribution is -2.43. The molecule has 1 fully saturated rings. The normalized spacial score (nSPS) is 19.7. The number of aromatic nitrogens is 2. The van der Waals surface area contributed by atoms with Crippen LogP contribution in [0.25, 0.3) is 5.65 Å². The van der Waals surface area contributed by atoms with Crippen LogP contribution in [0.15, 0.2) is 48.8 Å². The number of hydrogen-bond acceptors (Lipinski definition) is 3. The van der Waals surface area contributed by atoms with Crippen molar-refractivity contribution in [1.29, 1.82) is 0 Å². The van der Waals surface area contributed by atoms with Gasteiger partial charge in [0.1, 0.15) is 17.0 Å². The highest BCUT2D eigenvalue weighted by Crippen LogP contribution is 2.33. The summed E-state index contributed by atoms with van der Waals surface area (Å²) in [6.07, 6.45) is 3.78. The lowest BCUT2D eigenvalue weighted by Gasteiger charge is -2.25. The number of urea groups is 1. The van der Waals surface area contributed by atoms with Gasteiger partial charge in [0.2, 0.25) is 0 Å². The molecule has 1 saturated heterocycles. The fraction of sp³-hybridized carbons (Fsp3) is 0.211. The summed E-state index contributed by atoms with van der Waals surface area (Å²) in [4.78, 5) is 31.2. The van der Waals surface area contributed by atoms with Crippen LogP contribution in [0.1, 0.15) is 24.6 Å². The Kier molecular flexibility index (Phi) is 4.11. The Hall–Kier alpha value is -2.93. The second-order valence-corrected chi connectivity index (χ2v) is 6.87. The van der Waals surface area contributed by atoms with Gasteiger partial charge in [-0.05, 0) is 36.2 Å².